The maximum absolute atomic E-state index is 12.4. The molecule has 1 N–H and O–H groups in total. The minimum absolute atomic E-state index is 0.205. The van der Waals surface area contributed by atoms with Gasteiger partial charge in [0.2, 0.25) is 0 Å². The molecule has 1 amide bonds. The number of nitrogens with one attached hydrogen (secondary N) is 1. The first-order valence-electron chi connectivity index (χ1n) is 8.77. The summed E-state index contributed by atoms with van der Waals surface area (Å²) in [6.45, 7) is 6.88. The average Bonchev–Trinajstić information content (AvgIpc) is 2.95. The molecule has 0 fully saturated rings. The number of amides is 1. The van der Waals surface area contributed by atoms with E-state index in [2.05, 4.69) is 5.32 Å². The fourth-order valence-corrected chi connectivity index (χ4v) is 2.92. The number of carbonyl (C=O) groups is 2. The van der Waals surface area contributed by atoms with Crippen LogP contribution in [0, 0.1) is 13.8 Å². The lowest BCUT2D eigenvalue weighted by atomic mass is 10.2. The van der Waals surface area contributed by atoms with E-state index in [1.54, 1.807) is 32.2 Å². The smallest absolute Gasteiger partial charge is 0.339 e. The summed E-state index contributed by atoms with van der Waals surface area (Å²) >= 11 is 0. The molecule has 27 heavy (non-hydrogen) atoms. The van der Waals surface area contributed by atoms with E-state index >= 15 is 0 Å². The van der Waals surface area contributed by atoms with Crippen molar-refractivity contribution in [3.63, 3.8) is 0 Å². The van der Waals surface area contributed by atoms with Gasteiger partial charge in [0.1, 0.15) is 0 Å². The van der Waals surface area contributed by atoms with Crippen LogP contribution in [0.4, 0.5) is 0 Å². The number of nitrogens with zero attached hydrogens (tertiary/aromatic N) is 1. The van der Waals surface area contributed by atoms with Gasteiger partial charge in [-0.25, -0.2) is 4.79 Å². The third-order valence-electron chi connectivity index (χ3n) is 4.34. The first-order chi connectivity index (χ1) is 12.9. The van der Waals surface area contributed by atoms with Gasteiger partial charge in [0.05, 0.1) is 26.4 Å². The van der Waals surface area contributed by atoms with Crippen molar-refractivity contribution < 1.29 is 23.8 Å². The van der Waals surface area contributed by atoms with Gasteiger partial charge >= 0.3 is 5.97 Å². The number of hydrogen-bond acceptors (Lipinski definition) is 5. The van der Waals surface area contributed by atoms with Crippen LogP contribution in [0.25, 0.3) is 0 Å². The molecular weight excluding hydrogens is 348 g/mol. The topological polar surface area (TPSA) is 78.8 Å². The molecule has 0 saturated carbocycles. The fourth-order valence-electron chi connectivity index (χ4n) is 2.92. The zero-order chi connectivity index (χ0) is 20.0. The predicted octanol–water partition coefficient (Wildman–Crippen LogP) is 2.73. The summed E-state index contributed by atoms with van der Waals surface area (Å²) in [5.41, 5.74) is 2.81. The van der Waals surface area contributed by atoms with Crippen molar-refractivity contribution >= 4 is 11.9 Å². The Bertz CT molecular complexity index is 826. The molecule has 7 heteroatoms. The fraction of sp³-hybridized carbons (Fsp3) is 0.400. The molecule has 0 saturated heterocycles. The molecule has 1 aromatic carbocycles. The highest BCUT2D eigenvalue weighted by molar-refractivity contribution is 5.95. The zero-order valence-electron chi connectivity index (χ0n) is 16.4. The molecule has 2 rings (SSSR count). The SMILES string of the molecule is CCOC(=O)c1cc(C)n(CCNC(=O)c2ccc(OC)c(OC)c2)c1C. The van der Waals surface area contributed by atoms with Gasteiger partial charge in [0, 0.05) is 30.0 Å². The molecule has 0 bridgehead atoms. The van der Waals surface area contributed by atoms with Gasteiger partial charge in [-0.15, -0.1) is 0 Å². The first kappa shape index (κ1) is 20.4. The Hall–Kier alpha value is -2.96. The molecule has 1 aromatic heterocycles. The third kappa shape index (κ3) is 4.61. The van der Waals surface area contributed by atoms with Crippen molar-refractivity contribution in [2.24, 2.45) is 0 Å². The van der Waals surface area contributed by atoms with Gasteiger partial charge in [0.25, 0.3) is 5.91 Å². The minimum Gasteiger partial charge on any atom is -0.493 e. The van der Waals surface area contributed by atoms with E-state index in [1.165, 1.54) is 7.11 Å². The normalized spacial score (nSPS) is 10.4. The number of carbonyl (C=O) groups excluding carboxylic acids is 2. The summed E-state index contributed by atoms with van der Waals surface area (Å²) in [6.07, 6.45) is 0. The summed E-state index contributed by atoms with van der Waals surface area (Å²) in [6, 6.07) is 6.82. The van der Waals surface area contributed by atoms with Crippen LogP contribution in [0.3, 0.4) is 0 Å². The Kier molecular flexibility index (Phi) is 6.87. The van der Waals surface area contributed by atoms with Crippen molar-refractivity contribution in [3.8, 4) is 11.5 Å². The zero-order valence-corrected chi connectivity index (χ0v) is 16.4. The molecule has 0 aliphatic rings. The summed E-state index contributed by atoms with van der Waals surface area (Å²) in [7, 11) is 3.07. The lowest BCUT2D eigenvalue weighted by Crippen LogP contribution is -2.27. The number of aryl methyl sites for hydroxylation is 1. The molecule has 0 aliphatic carbocycles. The highest BCUT2D eigenvalue weighted by Crippen LogP contribution is 2.27. The molecule has 0 radical (unpaired) electrons. The highest BCUT2D eigenvalue weighted by Gasteiger charge is 2.17. The molecule has 2 aromatic rings. The van der Waals surface area contributed by atoms with Crippen molar-refractivity contribution in [3.05, 3.63) is 46.8 Å². The second-order valence-corrected chi connectivity index (χ2v) is 5.98. The maximum atomic E-state index is 12.4. The molecule has 0 spiro atoms. The van der Waals surface area contributed by atoms with E-state index < -0.39 is 0 Å². The second-order valence-electron chi connectivity index (χ2n) is 5.98. The van der Waals surface area contributed by atoms with Crippen LogP contribution in [0.2, 0.25) is 0 Å². The number of benzene rings is 1. The van der Waals surface area contributed by atoms with Gasteiger partial charge < -0.3 is 24.1 Å². The molecule has 0 atom stereocenters. The summed E-state index contributed by atoms with van der Waals surface area (Å²) in [5.74, 6) is 0.538. The number of rotatable bonds is 8. The van der Waals surface area contributed by atoms with Crippen LogP contribution in [-0.4, -0.2) is 43.8 Å². The Balaban J connectivity index is 2.02. The molecule has 0 unspecified atom stereocenters. The van der Waals surface area contributed by atoms with Crippen LogP contribution in [0.5, 0.6) is 11.5 Å². The first-order valence-corrected chi connectivity index (χ1v) is 8.77. The van der Waals surface area contributed by atoms with Crippen molar-refractivity contribution in [1.82, 2.24) is 9.88 Å². The largest absolute Gasteiger partial charge is 0.493 e. The summed E-state index contributed by atoms with van der Waals surface area (Å²) < 4.78 is 17.5. The van der Waals surface area contributed by atoms with Gasteiger partial charge in [0.15, 0.2) is 11.5 Å². The van der Waals surface area contributed by atoms with Gasteiger partial charge in [-0.1, -0.05) is 0 Å². The Labute approximate surface area is 159 Å². The number of ether oxygens (including phenoxy) is 3. The maximum Gasteiger partial charge on any atom is 0.339 e. The van der Waals surface area contributed by atoms with Gasteiger partial charge in [-0.05, 0) is 45.0 Å². The van der Waals surface area contributed by atoms with Gasteiger partial charge in [-0.3, -0.25) is 4.79 Å². The number of hydrogen-bond donors (Lipinski definition) is 1. The quantitative estimate of drug-likeness (QED) is 0.719. The Morgan fingerprint density at radius 1 is 1.07 bits per heavy atom. The van der Waals surface area contributed by atoms with Crippen molar-refractivity contribution in [2.75, 3.05) is 27.4 Å². The van der Waals surface area contributed by atoms with Gasteiger partial charge in [-0.2, -0.15) is 0 Å². The van der Waals surface area contributed by atoms with Crippen LogP contribution < -0.4 is 14.8 Å². The lowest BCUT2D eigenvalue weighted by Gasteiger charge is -2.12. The number of esters is 1. The van der Waals surface area contributed by atoms with Crippen LogP contribution in [-0.2, 0) is 11.3 Å². The van der Waals surface area contributed by atoms with E-state index in [0.29, 0.717) is 42.3 Å². The third-order valence-corrected chi connectivity index (χ3v) is 4.34. The molecule has 0 aliphatic heterocycles. The van der Waals surface area contributed by atoms with E-state index in [4.69, 9.17) is 14.2 Å². The Morgan fingerprint density at radius 3 is 2.41 bits per heavy atom. The molecule has 146 valence electrons. The Morgan fingerprint density at radius 2 is 1.78 bits per heavy atom. The van der Waals surface area contributed by atoms with Crippen molar-refractivity contribution in [1.29, 1.82) is 0 Å². The van der Waals surface area contributed by atoms with Crippen LogP contribution in [0.1, 0.15) is 39.0 Å². The summed E-state index contributed by atoms with van der Waals surface area (Å²) in [4.78, 5) is 24.4. The average molecular weight is 374 g/mol. The van der Waals surface area contributed by atoms with E-state index in [9.17, 15) is 9.59 Å². The number of aromatic nitrogens is 1. The second kappa shape index (κ2) is 9.12. The van der Waals surface area contributed by atoms with E-state index in [-0.39, 0.29) is 11.9 Å². The van der Waals surface area contributed by atoms with Crippen molar-refractivity contribution in [2.45, 2.75) is 27.3 Å². The van der Waals surface area contributed by atoms with E-state index in [0.717, 1.165) is 11.4 Å². The highest BCUT2D eigenvalue weighted by atomic mass is 16.5. The molecular formula is C20H26N2O5. The standard InChI is InChI=1S/C20H26N2O5/c1-6-27-20(24)16-11-13(2)22(14(16)3)10-9-21-19(23)15-7-8-17(25-4)18(12-15)26-5/h7-8,11-12H,6,9-10H2,1-5H3,(H,21,23). The monoisotopic (exact) mass is 374 g/mol. The van der Waals surface area contributed by atoms with Crippen LogP contribution >= 0.6 is 0 Å². The molecule has 1 heterocycles. The minimum atomic E-state index is -0.328. The number of methoxy groups -OCH3 is 2. The van der Waals surface area contributed by atoms with E-state index in [1.807, 2.05) is 24.5 Å². The van der Waals surface area contributed by atoms with Crippen LogP contribution in [0.15, 0.2) is 24.3 Å². The molecule has 7 nitrogen and oxygen atoms in total. The predicted molar refractivity (Wildman–Crippen MR) is 102 cm³/mol. The lowest BCUT2D eigenvalue weighted by molar-refractivity contribution is 0.0525. The summed E-state index contributed by atoms with van der Waals surface area (Å²) in [5, 5.41) is 2.88.